The monoisotopic (exact) mass is 248 g/mol. The molecule has 1 unspecified atom stereocenters. The predicted molar refractivity (Wildman–Crippen MR) is 65.4 cm³/mol. The van der Waals surface area contributed by atoms with Crippen LogP contribution in [0.3, 0.4) is 0 Å². The van der Waals surface area contributed by atoms with Crippen molar-refractivity contribution in [2.24, 2.45) is 0 Å². The Bertz CT molecular complexity index is 449. The molecule has 96 valence electrons. The third-order valence-electron chi connectivity index (χ3n) is 3.34. The topological polar surface area (TPSA) is 44.8 Å². The van der Waals surface area contributed by atoms with Crippen LogP contribution in [0.25, 0.3) is 0 Å². The zero-order chi connectivity index (χ0) is 12.4. The Balaban J connectivity index is 1.55. The van der Waals surface area contributed by atoms with Crippen molar-refractivity contribution in [2.75, 3.05) is 19.8 Å². The summed E-state index contributed by atoms with van der Waals surface area (Å²) in [6.45, 7) is 1.66. The summed E-state index contributed by atoms with van der Waals surface area (Å²) in [6.07, 6.45) is 3.54. The van der Waals surface area contributed by atoms with Crippen LogP contribution < -0.4 is 9.47 Å². The van der Waals surface area contributed by atoms with Crippen LogP contribution in [0, 0.1) is 0 Å². The number of hydrogen-bond acceptors (Lipinski definition) is 4. The lowest BCUT2D eigenvalue weighted by Gasteiger charge is -2.11. The second-order valence-corrected chi connectivity index (χ2v) is 4.64. The summed E-state index contributed by atoms with van der Waals surface area (Å²) in [5.74, 6) is 1.42. The average Bonchev–Trinajstić information content (AvgIpc) is 3.00. The molecule has 1 fully saturated rings. The number of ether oxygens (including phenoxy) is 3. The van der Waals surface area contributed by atoms with Gasteiger partial charge in [0.25, 0.3) is 0 Å². The van der Waals surface area contributed by atoms with Crippen LogP contribution in [0.15, 0.2) is 18.2 Å². The average molecular weight is 248 g/mol. The number of carbonyl (C=O) groups excluding carboxylic acids is 1. The molecular weight excluding hydrogens is 232 g/mol. The molecule has 0 saturated carbocycles. The summed E-state index contributed by atoms with van der Waals surface area (Å²) < 4.78 is 16.5. The number of benzene rings is 1. The zero-order valence-corrected chi connectivity index (χ0v) is 10.2. The van der Waals surface area contributed by atoms with Crippen molar-refractivity contribution in [2.45, 2.75) is 25.4 Å². The van der Waals surface area contributed by atoms with E-state index in [2.05, 4.69) is 0 Å². The first-order valence-corrected chi connectivity index (χ1v) is 6.37. The maximum Gasteiger partial charge on any atom is 0.203 e. The number of rotatable bonds is 4. The smallest absolute Gasteiger partial charge is 0.203 e. The first-order valence-electron chi connectivity index (χ1n) is 6.37. The second-order valence-electron chi connectivity index (χ2n) is 4.64. The van der Waals surface area contributed by atoms with Gasteiger partial charge in [-0.2, -0.15) is 0 Å². The molecule has 0 amide bonds. The van der Waals surface area contributed by atoms with E-state index in [0.717, 1.165) is 31.6 Å². The fourth-order valence-corrected chi connectivity index (χ4v) is 2.34. The first kappa shape index (κ1) is 11.5. The first-order chi connectivity index (χ1) is 8.83. The van der Waals surface area contributed by atoms with Crippen molar-refractivity contribution >= 4 is 5.78 Å². The van der Waals surface area contributed by atoms with E-state index in [-0.39, 0.29) is 12.4 Å². The minimum Gasteiger partial charge on any atom is -0.493 e. The highest BCUT2D eigenvalue weighted by atomic mass is 16.5. The number of fused-ring (bicyclic) bond motifs is 1. The largest absolute Gasteiger partial charge is 0.493 e. The van der Waals surface area contributed by atoms with Crippen molar-refractivity contribution in [3.8, 4) is 11.5 Å². The Morgan fingerprint density at radius 2 is 2.33 bits per heavy atom. The summed E-state index contributed by atoms with van der Waals surface area (Å²) in [4.78, 5) is 11.4. The van der Waals surface area contributed by atoms with Gasteiger partial charge in [-0.05, 0) is 25.0 Å². The van der Waals surface area contributed by atoms with Crippen LogP contribution in [0.2, 0.25) is 0 Å². The summed E-state index contributed by atoms with van der Waals surface area (Å²) in [6, 6.07) is 5.38. The Labute approximate surface area is 106 Å². The van der Waals surface area contributed by atoms with E-state index in [0.29, 0.717) is 24.0 Å². The minimum atomic E-state index is 0.0379. The lowest BCUT2D eigenvalue weighted by molar-refractivity contribution is 0.0903. The Morgan fingerprint density at radius 1 is 1.39 bits per heavy atom. The van der Waals surface area contributed by atoms with Gasteiger partial charge in [0, 0.05) is 19.1 Å². The summed E-state index contributed by atoms with van der Waals surface area (Å²) in [5.41, 5.74) is 0.654. The molecule has 3 rings (SSSR count). The van der Waals surface area contributed by atoms with Gasteiger partial charge < -0.3 is 14.2 Å². The molecule has 0 N–H and O–H groups in total. The van der Waals surface area contributed by atoms with Crippen LogP contribution in [0.5, 0.6) is 11.5 Å². The predicted octanol–water partition coefficient (Wildman–Crippen LogP) is 2.21. The zero-order valence-electron chi connectivity index (χ0n) is 10.2. The van der Waals surface area contributed by atoms with Crippen LogP contribution in [0.4, 0.5) is 0 Å². The summed E-state index contributed by atoms with van der Waals surface area (Å²) in [7, 11) is 0. The molecule has 2 aliphatic rings. The molecule has 1 atom stereocenters. The van der Waals surface area contributed by atoms with Gasteiger partial charge in [-0.1, -0.05) is 0 Å². The molecule has 0 spiro atoms. The number of Topliss-reactive ketones (excluding diaryl/α,β-unsaturated/α-hetero) is 1. The van der Waals surface area contributed by atoms with Gasteiger partial charge in [0.2, 0.25) is 5.78 Å². The Kier molecular flexibility index (Phi) is 3.19. The summed E-state index contributed by atoms with van der Waals surface area (Å²) in [5, 5.41) is 0. The molecule has 0 aliphatic carbocycles. The lowest BCUT2D eigenvalue weighted by Crippen LogP contribution is -2.10. The molecule has 18 heavy (non-hydrogen) atoms. The van der Waals surface area contributed by atoms with E-state index in [9.17, 15) is 4.79 Å². The molecule has 1 aromatic rings. The molecule has 4 heteroatoms. The van der Waals surface area contributed by atoms with Crippen LogP contribution >= 0.6 is 0 Å². The number of ketones is 1. The van der Waals surface area contributed by atoms with E-state index in [1.165, 1.54) is 0 Å². The van der Waals surface area contributed by atoms with Gasteiger partial charge >= 0.3 is 0 Å². The van der Waals surface area contributed by atoms with Gasteiger partial charge in [-0.15, -0.1) is 0 Å². The molecular formula is C14H16O4. The van der Waals surface area contributed by atoms with E-state index < -0.39 is 0 Å². The van der Waals surface area contributed by atoms with Crippen molar-refractivity contribution < 1.29 is 19.0 Å². The van der Waals surface area contributed by atoms with Gasteiger partial charge in [-0.3, -0.25) is 4.79 Å². The number of hydrogen-bond donors (Lipinski definition) is 0. The molecule has 2 aliphatic heterocycles. The molecule has 0 aromatic heterocycles. The van der Waals surface area contributed by atoms with Crippen molar-refractivity contribution in [3.63, 3.8) is 0 Å². The van der Waals surface area contributed by atoms with Gasteiger partial charge in [-0.25, -0.2) is 0 Å². The maximum atomic E-state index is 11.4. The maximum absolute atomic E-state index is 11.4. The van der Waals surface area contributed by atoms with Crippen molar-refractivity contribution in [1.29, 1.82) is 0 Å². The molecule has 1 saturated heterocycles. The highest BCUT2D eigenvalue weighted by Gasteiger charge is 2.21. The van der Waals surface area contributed by atoms with Crippen molar-refractivity contribution in [1.82, 2.24) is 0 Å². The fraction of sp³-hybridized carbons (Fsp3) is 0.500. The molecule has 1 aromatic carbocycles. The lowest BCUT2D eigenvalue weighted by atomic mass is 10.1. The SMILES string of the molecule is O=C1COc2cc(OCCC3CCCO3)ccc21. The van der Waals surface area contributed by atoms with Crippen molar-refractivity contribution in [3.05, 3.63) is 23.8 Å². The second kappa shape index (κ2) is 4.98. The third kappa shape index (κ3) is 2.34. The normalized spacial score (nSPS) is 21.8. The molecule has 4 nitrogen and oxygen atoms in total. The van der Waals surface area contributed by atoms with Gasteiger partial charge in [0.15, 0.2) is 6.61 Å². The highest BCUT2D eigenvalue weighted by molar-refractivity contribution is 6.02. The highest BCUT2D eigenvalue weighted by Crippen LogP contribution is 2.29. The van der Waals surface area contributed by atoms with Crippen LogP contribution in [-0.2, 0) is 4.74 Å². The third-order valence-corrected chi connectivity index (χ3v) is 3.34. The van der Waals surface area contributed by atoms with Gasteiger partial charge in [0.1, 0.15) is 11.5 Å². The number of carbonyl (C=O) groups is 1. The molecule has 0 bridgehead atoms. The van der Waals surface area contributed by atoms with Crippen LogP contribution in [-0.4, -0.2) is 31.7 Å². The molecule has 0 radical (unpaired) electrons. The minimum absolute atomic E-state index is 0.0379. The van der Waals surface area contributed by atoms with Gasteiger partial charge in [0.05, 0.1) is 18.3 Å². The fourth-order valence-electron chi connectivity index (χ4n) is 2.34. The summed E-state index contributed by atoms with van der Waals surface area (Å²) >= 11 is 0. The Hall–Kier alpha value is -1.55. The molecule has 2 heterocycles. The van der Waals surface area contributed by atoms with E-state index >= 15 is 0 Å². The standard InChI is InChI=1S/C14H16O4/c15-13-9-18-14-8-11(3-4-12(13)14)17-7-5-10-2-1-6-16-10/h3-4,8,10H,1-2,5-7,9H2. The van der Waals surface area contributed by atoms with E-state index in [1.807, 2.05) is 6.07 Å². The quantitative estimate of drug-likeness (QED) is 0.819. The van der Waals surface area contributed by atoms with E-state index in [4.69, 9.17) is 14.2 Å². The Morgan fingerprint density at radius 3 is 3.17 bits per heavy atom. The van der Waals surface area contributed by atoms with E-state index in [1.54, 1.807) is 12.1 Å². The van der Waals surface area contributed by atoms with Crippen LogP contribution in [0.1, 0.15) is 29.6 Å².